The summed E-state index contributed by atoms with van der Waals surface area (Å²) in [4.78, 5) is 76.6. The second kappa shape index (κ2) is 18.0. The fourth-order valence-corrected chi connectivity index (χ4v) is 10.9. The monoisotopic (exact) mass is 886 g/mol. The van der Waals surface area contributed by atoms with Crippen LogP contribution >= 0.6 is 0 Å². The van der Waals surface area contributed by atoms with Crippen molar-refractivity contribution >= 4 is 34.4 Å². The van der Waals surface area contributed by atoms with E-state index in [4.69, 9.17) is 4.74 Å². The van der Waals surface area contributed by atoms with Gasteiger partial charge >= 0.3 is 0 Å². The summed E-state index contributed by atoms with van der Waals surface area (Å²) in [7, 11) is 0. The van der Waals surface area contributed by atoms with Gasteiger partial charge in [-0.3, -0.25) is 28.9 Å². The van der Waals surface area contributed by atoms with E-state index in [0.29, 0.717) is 99.0 Å². The van der Waals surface area contributed by atoms with Crippen molar-refractivity contribution in [2.75, 3.05) is 85.1 Å². The number of fused-ring (bicyclic) bond motifs is 4. The summed E-state index contributed by atoms with van der Waals surface area (Å²) >= 11 is 0. The smallest absolute Gasteiger partial charge is 0.272 e. The van der Waals surface area contributed by atoms with Crippen LogP contribution in [0.25, 0.3) is 10.8 Å². The SMILES string of the molecule is O=C(CNC1CC1)N1CCCC(c2cccc(C(=O)N3CCN(CC45CCC(C(=O)N6CCN(C(=O)c7cc(Cc8n[nH]c(=O)c9ccccc89)ccc7F)CC6)(CC4)CO5)CC3)c2)C1. The van der Waals surface area contributed by atoms with Crippen LogP contribution < -0.4 is 10.9 Å². The Morgan fingerprint density at radius 2 is 1.49 bits per heavy atom. The number of rotatable bonds is 11. The second-order valence-electron chi connectivity index (χ2n) is 19.4. The molecule has 342 valence electrons. The number of H-pyrrole nitrogens is 1. The molecule has 2 bridgehead atoms. The number of halogens is 1. The average Bonchev–Trinajstić information content (AvgIpc) is 4.20. The number of carbonyl (C=O) groups excluding carboxylic acids is 4. The number of hydrogen-bond donors (Lipinski definition) is 2. The van der Waals surface area contributed by atoms with Gasteiger partial charge < -0.3 is 29.7 Å². The van der Waals surface area contributed by atoms with E-state index in [1.165, 1.54) is 6.07 Å². The largest absolute Gasteiger partial charge is 0.373 e. The standard InChI is InChI=1S/C50H59FN8O6/c51-42-13-10-34(28-43-39-8-1-2-9-40(39)45(61)54-53-43)27-41(42)47(63)57-23-25-58(26-24-57)48(64)49-14-16-50(17-15-49,65-33-49)32-55-19-21-56(22-20-55)46(62)36-6-3-5-35(29-36)37-7-4-18-59(31-37)44(60)30-52-38-11-12-38/h1-3,5-6,8-10,13,27,29,37-38,52H,4,7,11-12,14-26,28,30-33H2,(H,54,61). The molecule has 2 aliphatic carbocycles. The zero-order chi connectivity index (χ0) is 44.7. The highest BCUT2D eigenvalue weighted by atomic mass is 19.1. The lowest BCUT2D eigenvalue weighted by atomic mass is 9.65. The van der Waals surface area contributed by atoms with Crippen LogP contribution in [-0.4, -0.2) is 155 Å². The average molecular weight is 887 g/mol. The highest BCUT2D eigenvalue weighted by molar-refractivity contribution is 5.95. The first kappa shape index (κ1) is 43.4. The number of nitrogens with zero attached hydrogens (tertiary/aromatic N) is 6. The molecule has 15 heteroatoms. The van der Waals surface area contributed by atoms with Crippen molar-refractivity contribution in [1.82, 2.24) is 40.0 Å². The number of aromatic amines is 1. The molecule has 0 radical (unpaired) electrons. The number of piperazine rings is 2. The summed E-state index contributed by atoms with van der Waals surface area (Å²) in [6, 6.07) is 20.2. The molecule has 14 nitrogen and oxygen atoms in total. The number of likely N-dealkylation sites (tertiary alicyclic amines) is 1. The summed E-state index contributed by atoms with van der Waals surface area (Å²) in [5, 5.41) is 11.4. The second-order valence-corrected chi connectivity index (χ2v) is 19.4. The predicted molar refractivity (Wildman–Crippen MR) is 242 cm³/mol. The van der Waals surface area contributed by atoms with Crippen molar-refractivity contribution in [3.63, 3.8) is 0 Å². The van der Waals surface area contributed by atoms with Gasteiger partial charge in [0.1, 0.15) is 5.82 Å². The number of piperidine rings is 1. The number of benzene rings is 3. The lowest BCUT2D eigenvalue weighted by Gasteiger charge is -2.55. The van der Waals surface area contributed by atoms with E-state index in [9.17, 15) is 24.0 Å². The fraction of sp³-hybridized carbons (Fsp3) is 0.520. The number of aromatic nitrogens is 2. The Morgan fingerprint density at radius 1 is 0.769 bits per heavy atom. The molecule has 1 unspecified atom stereocenters. The van der Waals surface area contributed by atoms with Crippen molar-refractivity contribution in [2.45, 2.75) is 75.3 Å². The van der Waals surface area contributed by atoms with E-state index < -0.39 is 17.1 Å². The molecule has 1 aromatic heterocycles. The molecule has 0 spiro atoms. The molecular weight excluding hydrogens is 828 g/mol. The zero-order valence-corrected chi connectivity index (χ0v) is 37.1. The zero-order valence-electron chi connectivity index (χ0n) is 37.1. The molecule has 5 aliphatic heterocycles. The van der Waals surface area contributed by atoms with Gasteiger partial charge in [-0.15, -0.1) is 0 Å². The molecular formula is C50H59FN8O6. The van der Waals surface area contributed by atoms with Crippen molar-refractivity contribution in [1.29, 1.82) is 0 Å². The minimum atomic E-state index is -0.605. The summed E-state index contributed by atoms with van der Waals surface area (Å²) < 4.78 is 21.8. The number of ether oxygens (including phenoxy) is 1. The van der Waals surface area contributed by atoms with E-state index in [1.807, 2.05) is 45.0 Å². The summed E-state index contributed by atoms with van der Waals surface area (Å²) in [5.74, 6) is -0.492. The van der Waals surface area contributed by atoms with Crippen LogP contribution in [0.5, 0.6) is 0 Å². The molecule has 4 aromatic rings. The van der Waals surface area contributed by atoms with E-state index >= 15 is 4.39 Å². The van der Waals surface area contributed by atoms with Crippen LogP contribution in [0.4, 0.5) is 4.39 Å². The third kappa shape index (κ3) is 9.07. The Balaban J connectivity index is 0.684. The van der Waals surface area contributed by atoms with Crippen LogP contribution in [0.1, 0.15) is 94.8 Å². The molecule has 3 aromatic carbocycles. The molecule has 11 rings (SSSR count). The van der Waals surface area contributed by atoms with E-state index in [2.05, 4.69) is 26.5 Å². The minimum Gasteiger partial charge on any atom is -0.373 e. The van der Waals surface area contributed by atoms with Gasteiger partial charge in [-0.25, -0.2) is 9.49 Å². The maximum absolute atomic E-state index is 15.2. The molecule has 2 N–H and O–H groups in total. The maximum Gasteiger partial charge on any atom is 0.272 e. The highest BCUT2D eigenvalue weighted by Crippen LogP contribution is 2.50. The van der Waals surface area contributed by atoms with Gasteiger partial charge in [0.25, 0.3) is 17.4 Å². The number of hydrogen-bond acceptors (Lipinski definition) is 9. The topological polar surface area (TPSA) is 151 Å². The van der Waals surface area contributed by atoms with E-state index in [-0.39, 0.29) is 40.4 Å². The predicted octanol–water partition coefficient (Wildman–Crippen LogP) is 4.18. The third-order valence-corrected chi connectivity index (χ3v) is 15.2. The van der Waals surface area contributed by atoms with Crippen LogP contribution in [0.15, 0.2) is 71.5 Å². The minimum absolute atomic E-state index is 0.0220. The first-order valence-corrected chi connectivity index (χ1v) is 23.7. The Bertz CT molecular complexity index is 2500. The Morgan fingerprint density at radius 3 is 2.23 bits per heavy atom. The van der Waals surface area contributed by atoms with Gasteiger partial charge in [-0.2, -0.15) is 5.10 Å². The molecule has 2 saturated carbocycles. The first-order chi connectivity index (χ1) is 31.6. The molecule has 6 heterocycles. The van der Waals surface area contributed by atoms with E-state index in [0.717, 1.165) is 83.1 Å². The van der Waals surface area contributed by atoms with Crippen LogP contribution in [0.2, 0.25) is 0 Å². The van der Waals surface area contributed by atoms with Crippen LogP contribution in [-0.2, 0) is 20.7 Å². The van der Waals surface area contributed by atoms with Gasteiger partial charge in [-0.1, -0.05) is 36.4 Å². The maximum atomic E-state index is 15.2. The Hall–Kier alpha value is -5.51. The van der Waals surface area contributed by atoms with Gasteiger partial charge in [0.15, 0.2) is 0 Å². The molecule has 5 saturated heterocycles. The van der Waals surface area contributed by atoms with Crippen LogP contribution in [0, 0.1) is 11.2 Å². The first-order valence-electron chi connectivity index (χ1n) is 23.7. The van der Waals surface area contributed by atoms with Crippen molar-refractivity contribution in [3.8, 4) is 0 Å². The lowest BCUT2D eigenvalue weighted by molar-refractivity contribution is -0.203. The fourth-order valence-electron chi connectivity index (χ4n) is 10.9. The van der Waals surface area contributed by atoms with Gasteiger partial charge in [-0.05, 0) is 92.8 Å². The van der Waals surface area contributed by atoms with Gasteiger partial charge in [0, 0.05) is 101 Å². The number of nitrogens with one attached hydrogen (secondary N) is 2. The molecule has 7 aliphatic rings. The highest BCUT2D eigenvalue weighted by Gasteiger charge is 2.55. The summed E-state index contributed by atoms with van der Waals surface area (Å²) in [6.07, 6.45) is 7.69. The molecule has 7 fully saturated rings. The van der Waals surface area contributed by atoms with E-state index in [1.54, 1.807) is 29.2 Å². The van der Waals surface area contributed by atoms with Crippen LogP contribution in [0.3, 0.4) is 0 Å². The Kier molecular flexibility index (Phi) is 12.0. The molecule has 1 atom stereocenters. The summed E-state index contributed by atoms with van der Waals surface area (Å²) in [6.45, 7) is 7.20. The Labute approximate surface area is 378 Å². The summed E-state index contributed by atoms with van der Waals surface area (Å²) in [5.41, 5.74) is 1.97. The lowest BCUT2D eigenvalue weighted by Crippen LogP contribution is -2.63. The quantitative estimate of drug-likeness (QED) is 0.226. The molecule has 4 amide bonds. The van der Waals surface area contributed by atoms with Gasteiger partial charge in [0.05, 0.1) is 40.8 Å². The number of amides is 4. The third-order valence-electron chi connectivity index (χ3n) is 15.2. The molecule has 65 heavy (non-hydrogen) atoms. The van der Waals surface area contributed by atoms with Crippen molar-refractivity contribution < 1.29 is 28.3 Å². The number of carbonyl (C=O) groups is 4. The van der Waals surface area contributed by atoms with Crippen molar-refractivity contribution in [2.24, 2.45) is 5.41 Å². The van der Waals surface area contributed by atoms with Gasteiger partial charge in [0.2, 0.25) is 11.8 Å². The normalized spacial score (nSPS) is 25.0. The van der Waals surface area contributed by atoms with Crippen molar-refractivity contribution in [3.05, 3.63) is 111 Å².